The standard InChI is InChI=1S/C14H22N2O2/c1-10-5-4-6-13(7-10)18-9-12(3)16-14(17)11(2)8-15/h4-7,11-12H,8-9,15H2,1-3H3,(H,16,17). The van der Waals surface area contributed by atoms with Crippen molar-refractivity contribution in [2.75, 3.05) is 13.2 Å². The molecule has 1 aromatic rings. The third-order valence-electron chi connectivity index (χ3n) is 2.68. The monoisotopic (exact) mass is 250 g/mol. The van der Waals surface area contributed by atoms with Gasteiger partial charge < -0.3 is 15.8 Å². The lowest BCUT2D eigenvalue weighted by Crippen LogP contribution is -2.41. The molecule has 0 fully saturated rings. The minimum absolute atomic E-state index is 0.0298. The molecule has 2 unspecified atom stereocenters. The van der Waals surface area contributed by atoms with Gasteiger partial charge in [-0.15, -0.1) is 0 Å². The number of ether oxygens (including phenoxy) is 1. The van der Waals surface area contributed by atoms with Crippen molar-refractivity contribution in [3.8, 4) is 5.75 Å². The van der Waals surface area contributed by atoms with Crippen LogP contribution >= 0.6 is 0 Å². The lowest BCUT2D eigenvalue weighted by molar-refractivity contribution is -0.125. The first-order chi connectivity index (χ1) is 8.52. The maximum atomic E-state index is 11.6. The molecule has 0 aliphatic carbocycles. The van der Waals surface area contributed by atoms with Gasteiger partial charge in [0.2, 0.25) is 5.91 Å². The third-order valence-corrected chi connectivity index (χ3v) is 2.68. The Bertz CT molecular complexity index is 393. The Morgan fingerprint density at radius 3 is 2.78 bits per heavy atom. The molecule has 0 aliphatic heterocycles. The van der Waals surface area contributed by atoms with Crippen molar-refractivity contribution >= 4 is 5.91 Å². The number of hydrogen-bond acceptors (Lipinski definition) is 3. The predicted molar refractivity (Wildman–Crippen MR) is 72.5 cm³/mol. The molecule has 0 spiro atoms. The van der Waals surface area contributed by atoms with Gasteiger partial charge in [-0.3, -0.25) is 4.79 Å². The Balaban J connectivity index is 2.37. The van der Waals surface area contributed by atoms with Gasteiger partial charge in [0, 0.05) is 12.5 Å². The molecule has 4 heteroatoms. The molecule has 1 aromatic carbocycles. The summed E-state index contributed by atoms with van der Waals surface area (Å²) in [6.45, 7) is 6.55. The molecule has 1 rings (SSSR count). The number of carbonyl (C=O) groups excluding carboxylic acids is 1. The van der Waals surface area contributed by atoms with E-state index in [1.54, 1.807) is 0 Å². The van der Waals surface area contributed by atoms with Crippen LogP contribution in [-0.4, -0.2) is 25.1 Å². The fraction of sp³-hybridized carbons (Fsp3) is 0.500. The van der Waals surface area contributed by atoms with E-state index in [2.05, 4.69) is 5.32 Å². The van der Waals surface area contributed by atoms with Gasteiger partial charge in [-0.2, -0.15) is 0 Å². The predicted octanol–water partition coefficient (Wildman–Crippen LogP) is 1.47. The van der Waals surface area contributed by atoms with Crippen molar-refractivity contribution in [1.82, 2.24) is 5.32 Å². The molecule has 0 aromatic heterocycles. The summed E-state index contributed by atoms with van der Waals surface area (Å²) in [6.07, 6.45) is 0. The van der Waals surface area contributed by atoms with Crippen molar-refractivity contribution < 1.29 is 9.53 Å². The second-order valence-corrected chi connectivity index (χ2v) is 4.67. The molecule has 0 aliphatic rings. The highest BCUT2D eigenvalue weighted by Gasteiger charge is 2.13. The smallest absolute Gasteiger partial charge is 0.224 e. The summed E-state index contributed by atoms with van der Waals surface area (Å²) in [5.74, 6) is 0.632. The van der Waals surface area contributed by atoms with Gasteiger partial charge in [-0.05, 0) is 31.5 Å². The Morgan fingerprint density at radius 1 is 1.44 bits per heavy atom. The van der Waals surface area contributed by atoms with Crippen LogP contribution in [0.5, 0.6) is 5.75 Å². The van der Waals surface area contributed by atoms with Crippen LogP contribution in [0.15, 0.2) is 24.3 Å². The first-order valence-corrected chi connectivity index (χ1v) is 6.23. The molecule has 0 saturated heterocycles. The number of hydrogen-bond donors (Lipinski definition) is 2. The maximum Gasteiger partial charge on any atom is 0.224 e. The molecule has 0 radical (unpaired) electrons. The van der Waals surface area contributed by atoms with Crippen molar-refractivity contribution in [2.45, 2.75) is 26.8 Å². The Kier molecular flexibility index (Phi) is 5.65. The largest absolute Gasteiger partial charge is 0.491 e. The number of amides is 1. The van der Waals surface area contributed by atoms with E-state index >= 15 is 0 Å². The van der Waals surface area contributed by atoms with E-state index < -0.39 is 0 Å². The average molecular weight is 250 g/mol. The second kappa shape index (κ2) is 7.01. The highest BCUT2D eigenvalue weighted by molar-refractivity contribution is 5.78. The van der Waals surface area contributed by atoms with Crippen LogP contribution in [0.2, 0.25) is 0 Å². The van der Waals surface area contributed by atoms with Gasteiger partial charge in [0.05, 0.1) is 6.04 Å². The molecule has 1 amide bonds. The summed E-state index contributed by atoms with van der Waals surface area (Å²) in [7, 11) is 0. The van der Waals surface area contributed by atoms with Gasteiger partial charge in [-0.25, -0.2) is 0 Å². The van der Waals surface area contributed by atoms with E-state index in [0.29, 0.717) is 13.2 Å². The van der Waals surface area contributed by atoms with Crippen molar-refractivity contribution in [3.05, 3.63) is 29.8 Å². The molecular formula is C14H22N2O2. The van der Waals surface area contributed by atoms with Gasteiger partial charge in [0.25, 0.3) is 0 Å². The number of carbonyl (C=O) groups is 1. The zero-order valence-corrected chi connectivity index (χ0v) is 11.3. The van der Waals surface area contributed by atoms with E-state index in [1.165, 1.54) is 0 Å². The molecule has 18 heavy (non-hydrogen) atoms. The number of nitrogens with one attached hydrogen (secondary N) is 1. The van der Waals surface area contributed by atoms with Crippen LogP contribution in [0.4, 0.5) is 0 Å². The van der Waals surface area contributed by atoms with E-state index in [9.17, 15) is 4.79 Å². The van der Waals surface area contributed by atoms with Crippen molar-refractivity contribution in [1.29, 1.82) is 0 Å². The molecule has 3 N–H and O–H groups in total. The van der Waals surface area contributed by atoms with E-state index in [1.807, 2.05) is 45.0 Å². The van der Waals surface area contributed by atoms with Gasteiger partial charge >= 0.3 is 0 Å². The molecular weight excluding hydrogens is 228 g/mol. The number of aryl methyl sites for hydroxylation is 1. The fourth-order valence-corrected chi connectivity index (χ4v) is 1.46. The van der Waals surface area contributed by atoms with Gasteiger partial charge in [-0.1, -0.05) is 19.1 Å². The van der Waals surface area contributed by atoms with Crippen molar-refractivity contribution in [3.63, 3.8) is 0 Å². The quantitative estimate of drug-likeness (QED) is 0.803. The molecule has 0 heterocycles. The van der Waals surface area contributed by atoms with E-state index in [4.69, 9.17) is 10.5 Å². The van der Waals surface area contributed by atoms with Crippen LogP contribution in [0, 0.1) is 12.8 Å². The summed E-state index contributed by atoms with van der Waals surface area (Å²) in [5, 5.41) is 2.87. The van der Waals surface area contributed by atoms with E-state index in [-0.39, 0.29) is 17.9 Å². The SMILES string of the molecule is Cc1cccc(OCC(C)NC(=O)C(C)CN)c1. The third kappa shape index (κ3) is 4.75. The topological polar surface area (TPSA) is 64.3 Å². The van der Waals surface area contributed by atoms with Crippen LogP contribution < -0.4 is 15.8 Å². The van der Waals surface area contributed by atoms with Gasteiger partial charge in [0.1, 0.15) is 12.4 Å². The molecule has 100 valence electrons. The lowest BCUT2D eigenvalue weighted by atomic mass is 10.1. The first-order valence-electron chi connectivity index (χ1n) is 6.23. The highest BCUT2D eigenvalue weighted by Crippen LogP contribution is 2.12. The molecule has 4 nitrogen and oxygen atoms in total. The Labute approximate surface area is 109 Å². The molecule has 0 bridgehead atoms. The molecule has 2 atom stereocenters. The first kappa shape index (κ1) is 14.5. The molecule has 0 saturated carbocycles. The normalized spacial score (nSPS) is 13.8. The fourth-order valence-electron chi connectivity index (χ4n) is 1.46. The summed E-state index contributed by atoms with van der Waals surface area (Å²) >= 11 is 0. The summed E-state index contributed by atoms with van der Waals surface area (Å²) in [4.78, 5) is 11.6. The lowest BCUT2D eigenvalue weighted by Gasteiger charge is -2.17. The Hall–Kier alpha value is -1.55. The zero-order chi connectivity index (χ0) is 13.5. The second-order valence-electron chi connectivity index (χ2n) is 4.67. The average Bonchev–Trinajstić information content (AvgIpc) is 2.35. The zero-order valence-electron chi connectivity index (χ0n) is 11.3. The van der Waals surface area contributed by atoms with Crippen LogP contribution in [-0.2, 0) is 4.79 Å². The van der Waals surface area contributed by atoms with Gasteiger partial charge in [0.15, 0.2) is 0 Å². The van der Waals surface area contributed by atoms with Crippen LogP contribution in [0.25, 0.3) is 0 Å². The summed E-state index contributed by atoms with van der Waals surface area (Å²) in [5.41, 5.74) is 6.59. The number of rotatable bonds is 6. The minimum Gasteiger partial charge on any atom is -0.491 e. The summed E-state index contributed by atoms with van der Waals surface area (Å²) in [6, 6.07) is 7.80. The van der Waals surface area contributed by atoms with Crippen LogP contribution in [0.1, 0.15) is 19.4 Å². The Morgan fingerprint density at radius 2 is 2.17 bits per heavy atom. The minimum atomic E-state index is -0.161. The van der Waals surface area contributed by atoms with E-state index in [0.717, 1.165) is 11.3 Å². The number of benzene rings is 1. The van der Waals surface area contributed by atoms with Crippen LogP contribution in [0.3, 0.4) is 0 Å². The number of nitrogens with two attached hydrogens (primary N) is 1. The van der Waals surface area contributed by atoms with Crippen molar-refractivity contribution in [2.24, 2.45) is 11.7 Å². The highest BCUT2D eigenvalue weighted by atomic mass is 16.5. The maximum absolute atomic E-state index is 11.6. The summed E-state index contributed by atoms with van der Waals surface area (Å²) < 4.78 is 5.62.